The Balaban J connectivity index is 2.05. The number of carbonyl (C=O) groups is 1. The molecule has 2 aromatic rings. The highest BCUT2D eigenvalue weighted by Crippen LogP contribution is 2.24. The first-order valence-corrected chi connectivity index (χ1v) is 7.03. The lowest BCUT2D eigenvalue weighted by Crippen LogP contribution is -2.15. The van der Waals surface area contributed by atoms with E-state index >= 15 is 0 Å². The summed E-state index contributed by atoms with van der Waals surface area (Å²) in [5.74, 6) is -1.20. The van der Waals surface area contributed by atoms with Gasteiger partial charge >= 0.3 is 0 Å². The van der Waals surface area contributed by atoms with E-state index in [1.54, 1.807) is 0 Å². The van der Waals surface area contributed by atoms with Crippen LogP contribution in [0.25, 0.3) is 0 Å². The van der Waals surface area contributed by atoms with E-state index in [1.165, 1.54) is 17.4 Å². The fourth-order valence-corrected chi connectivity index (χ4v) is 2.83. The Kier molecular flexibility index (Phi) is 4.46. The molecule has 0 spiro atoms. The maximum absolute atomic E-state index is 13.7. The minimum atomic E-state index is -0.685. The van der Waals surface area contributed by atoms with Crippen molar-refractivity contribution in [3.8, 4) is 0 Å². The lowest BCUT2D eigenvalue weighted by Gasteiger charge is -2.10. The molecule has 1 aromatic carbocycles. The van der Waals surface area contributed by atoms with Crippen molar-refractivity contribution in [2.24, 2.45) is 5.73 Å². The molecular formula is C13H13ClFN3OS. The van der Waals surface area contributed by atoms with Crippen molar-refractivity contribution in [3.63, 3.8) is 0 Å². The van der Waals surface area contributed by atoms with E-state index in [9.17, 15) is 9.18 Å². The summed E-state index contributed by atoms with van der Waals surface area (Å²) in [5.41, 5.74) is 11.0. The lowest BCUT2D eigenvalue weighted by atomic mass is 10.1. The molecule has 106 valence electrons. The predicted octanol–water partition coefficient (Wildman–Crippen LogP) is 2.88. The quantitative estimate of drug-likeness (QED) is 0.742. The van der Waals surface area contributed by atoms with Gasteiger partial charge in [-0.05, 0) is 30.7 Å². The number of benzene rings is 1. The number of carbonyl (C=O) groups excluding carboxylic acids is 1. The molecular weight excluding hydrogens is 301 g/mol. The highest BCUT2D eigenvalue weighted by Gasteiger charge is 2.11. The van der Waals surface area contributed by atoms with Crippen LogP contribution in [-0.4, -0.2) is 12.5 Å². The van der Waals surface area contributed by atoms with Crippen molar-refractivity contribution < 1.29 is 9.18 Å². The standard InChI is InChI=1S/C13H13ClFN3OS/c14-12-2-1-7(20-12)3-4-18-11-5-8(13(17)19)10(16)6-9(11)15/h1-2,5-6,18H,3-4,16H2,(H2,17,19). The van der Waals surface area contributed by atoms with E-state index in [0.717, 1.165) is 15.3 Å². The molecule has 1 heterocycles. The van der Waals surface area contributed by atoms with Crippen molar-refractivity contribution >= 4 is 40.2 Å². The number of primary amides is 1. The molecule has 0 bridgehead atoms. The second kappa shape index (κ2) is 6.11. The van der Waals surface area contributed by atoms with Crippen LogP contribution in [0.1, 0.15) is 15.2 Å². The number of nitrogen functional groups attached to an aromatic ring is 1. The van der Waals surface area contributed by atoms with Gasteiger partial charge in [0.25, 0.3) is 5.91 Å². The monoisotopic (exact) mass is 313 g/mol. The second-order valence-electron chi connectivity index (χ2n) is 4.17. The zero-order valence-corrected chi connectivity index (χ0v) is 12.0. The number of rotatable bonds is 5. The lowest BCUT2D eigenvalue weighted by molar-refractivity contribution is 0.100. The fraction of sp³-hybridized carbons (Fsp3) is 0.154. The normalized spacial score (nSPS) is 10.5. The number of thiophene rings is 1. The van der Waals surface area contributed by atoms with Crippen LogP contribution < -0.4 is 16.8 Å². The number of nitrogens with one attached hydrogen (secondary N) is 1. The van der Waals surface area contributed by atoms with Gasteiger partial charge in [0, 0.05) is 17.1 Å². The molecule has 0 radical (unpaired) electrons. The molecule has 1 amide bonds. The molecule has 4 nitrogen and oxygen atoms in total. The molecule has 0 saturated heterocycles. The smallest absolute Gasteiger partial charge is 0.250 e. The summed E-state index contributed by atoms with van der Waals surface area (Å²) in [6.07, 6.45) is 0.701. The molecule has 2 rings (SSSR count). The van der Waals surface area contributed by atoms with Crippen LogP contribution in [0.5, 0.6) is 0 Å². The van der Waals surface area contributed by atoms with Gasteiger partial charge in [0.15, 0.2) is 0 Å². The van der Waals surface area contributed by atoms with Crippen LogP contribution in [0.2, 0.25) is 4.34 Å². The van der Waals surface area contributed by atoms with Gasteiger partial charge in [0.1, 0.15) is 5.82 Å². The molecule has 0 aliphatic rings. The molecule has 0 saturated carbocycles. The Morgan fingerprint density at radius 1 is 1.40 bits per heavy atom. The summed E-state index contributed by atoms with van der Waals surface area (Å²) in [7, 11) is 0. The van der Waals surface area contributed by atoms with E-state index in [2.05, 4.69) is 5.32 Å². The third-order valence-electron chi connectivity index (χ3n) is 2.72. The molecule has 7 heteroatoms. The zero-order valence-electron chi connectivity index (χ0n) is 10.5. The second-order valence-corrected chi connectivity index (χ2v) is 5.97. The molecule has 0 atom stereocenters. The number of hydrogen-bond donors (Lipinski definition) is 3. The minimum absolute atomic E-state index is 0.0330. The Labute approximate surface area is 124 Å². The summed E-state index contributed by atoms with van der Waals surface area (Å²) >= 11 is 7.30. The maximum Gasteiger partial charge on any atom is 0.250 e. The van der Waals surface area contributed by atoms with E-state index in [1.807, 2.05) is 12.1 Å². The fourth-order valence-electron chi connectivity index (χ4n) is 1.74. The maximum atomic E-state index is 13.7. The van der Waals surface area contributed by atoms with Gasteiger partial charge in [-0.3, -0.25) is 4.79 Å². The first kappa shape index (κ1) is 14.6. The van der Waals surface area contributed by atoms with Crippen LogP contribution in [0.3, 0.4) is 0 Å². The molecule has 5 N–H and O–H groups in total. The first-order valence-electron chi connectivity index (χ1n) is 5.84. The van der Waals surface area contributed by atoms with Crippen molar-refractivity contribution in [1.29, 1.82) is 0 Å². The largest absolute Gasteiger partial charge is 0.398 e. The molecule has 0 aliphatic heterocycles. The number of amides is 1. The van der Waals surface area contributed by atoms with Crippen molar-refractivity contribution in [3.05, 3.63) is 44.9 Å². The SMILES string of the molecule is NC(=O)c1cc(NCCc2ccc(Cl)s2)c(F)cc1N. The topological polar surface area (TPSA) is 81.1 Å². The molecule has 0 aliphatic carbocycles. The summed E-state index contributed by atoms with van der Waals surface area (Å²) in [5, 5.41) is 2.92. The van der Waals surface area contributed by atoms with Crippen molar-refractivity contribution in [2.45, 2.75) is 6.42 Å². The van der Waals surface area contributed by atoms with Crippen LogP contribution in [0, 0.1) is 5.82 Å². The van der Waals surface area contributed by atoms with Gasteiger partial charge in [-0.2, -0.15) is 0 Å². The summed E-state index contributed by atoms with van der Waals surface area (Å²) in [6, 6.07) is 6.15. The zero-order chi connectivity index (χ0) is 14.7. The summed E-state index contributed by atoms with van der Waals surface area (Å²) < 4.78 is 14.4. The van der Waals surface area contributed by atoms with Gasteiger partial charge in [-0.1, -0.05) is 11.6 Å². The Bertz CT molecular complexity index is 645. The first-order chi connectivity index (χ1) is 9.47. The van der Waals surface area contributed by atoms with Gasteiger partial charge in [-0.15, -0.1) is 11.3 Å². The number of hydrogen-bond acceptors (Lipinski definition) is 4. The third kappa shape index (κ3) is 3.40. The third-order valence-corrected chi connectivity index (χ3v) is 4.01. The molecule has 0 unspecified atom stereocenters. The highest BCUT2D eigenvalue weighted by atomic mass is 35.5. The molecule has 1 aromatic heterocycles. The number of nitrogens with two attached hydrogens (primary N) is 2. The van der Waals surface area contributed by atoms with Crippen LogP contribution in [0.4, 0.5) is 15.8 Å². The van der Waals surface area contributed by atoms with Crippen LogP contribution in [0.15, 0.2) is 24.3 Å². The van der Waals surface area contributed by atoms with Gasteiger partial charge in [-0.25, -0.2) is 4.39 Å². The van der Waals surface area contributed by atoms with Crippen molar-refractivity contribution in [2.75, 3.05) is 17.6 Å². The number of halogens is 2. The van der Waals surface area contributed by atoms with E-state index < -0.39 is 11.7 Å². The minimum Gasteiger partial charge on any atom is -0.398 e. The summed E-state index contributed by atoms with van der Waals surface area (Å²) in [6.45, 7) is 0.510. The van der Waals surface area contributed by atoms with Crippen LogP contribution >= 0.6 is 22.9 Å². The van der Waals surface area contributed by atoms with Gasteiger partial charge in [0.2, 0.25) is 0 Å². The average Bonchev–Trinajstić information content (AvgIpc) is 2.77. The van der Waals surface area contributed by atoms with E-state index in [-0.39, 0.29) is 16.9 Å². The van der Waals surface area contributed by atoms with Gasteiger partial charge < -0.3 is 16.8 Å². The Morgan fingerprint density at radius 2 is 2.15 bits per heavy atom. The molecule has 20 heavy (non-hydrogen) atoms. The van der Waals surface area contributed by atoms with Crippen molar-refractivity contribution in [1.82, 2.24) is 0 Å². The van der Waals surface area contributed by atoms with E-state index in [4.69, 9.17) is 23.1 Å². The predicted molar refractivity (Wildman–Crippen MR) is 80.9 cm³/mol. The van der Waals surface area contributed by atoms with Gasteiger partial charge in [0.05, 0.1) is 15.6 Å². The number of anilines is 2. The van der Waals surface area contributed by atoms with Crippen LogP contribution in [-0.2, 0) is 6.42 Å². The average molecular weight is 314 g/mol. The Morgan fingerprint density at radius 3 is 2.75 bits per heavy atom. The van der Waals surface area contributed by atoms with E-state index in [0.29, 0.717) is 13.0 Å². The Hall–Kier alpha value is -1.79. The highest BCUT2D eigenvalue weighted by molar-refractivity contribution is 7.16. The molecule has 0 fully saturated rings. The summed E-state index contributed by atoms with van der Waals surface area (Å²) in [4.78, 5) is 12.3.